The van der Waals surface area contributed by atoms with Gasteiger partial charge in [0.1, 0.15) is 14.6 Å². The highest BCUT2D eigenvalue weighted by molar-refractivity contribution is 6.44. The van der Waals surface area contributed by atoms with Crippen molar-refractivity contribution >= 4 is 14.6 Å². The van der Waals surface area contributed by atoms with E-state index in [2.05, 4.69) is 4.90 Å². The van der Waals surface area contributed by atoms with E-state index in [0.29, 0.717) is 0 Å². The van der Waals surface area contributed by atoms with Crippen molar-refractivity contribution in [3.63, 3.8) is 0 Å². The molecule has 1 nitrogen and oxygen atoms in total. The second-order valence-corrected chi connectivity index (χ2v) is 11.6. The predicted octanol–water partition coefficient (Wildman–Crippen LogP) is 6.51. The van der Waals surface area contributed by atoms with Crippen molar-refractivity contribution in [3.05, 3.63) is 0 Å². The minimum Gasteiger partial charge on any atom is -0.296 e. The molecule has 2 heterocycles. The van der Waals surface area contributed by atoms with Crippen molar-refractivity contribution in [2.75, 3.05) is 0 Å². The SMILES string of the molecule is B1C2CCCCCCCC2N2C3CCCCCCCC3BC3CCCCC1C32. The van der Waals surface area contributed by atoms with E-state index < -0.39 is 0 Å². The quantitative estimate of drug-likeness (QED) is 0.432. The van der Waals surface area contributed by atoms with Crippen molar-refractivity contribution in [2.45, 2.75) is 157 Å². The molecule has 3 heteroatoms. The molecule has 5 rings (SSSR count). The van der Waals surface area contributed by atoms with Gasteiger partial charge in [-0.2, -0.15) is 0 Å². The van der Waals surface area contributed by atoms with Gasteiger partial charge in [-0.1, -0.05) is 126 Å². The van der Waals surface area contributed by atoms with Crippen molar-refractivity contribution in [1.82, 2.24) is 4.90 Å². The van der Waals surface area contributed by atoms with Gasteiger partial charge < -0.3 is 0 Å². The molecule has 0 aromatic heterocycles. The van der Waals surface area contributed by atoms with Crippen LogP contribution in [0.2, 0.25) is 23.3 Å². The molecule has 3 saturated carbocycles. The molecular weight excluding hydrogens is 336 g/mol. The van der Waals surface area contributed by atoms with Crippen LogP contribution in [-0.4, -0.2) is 37.6 Å². The number of nitrogens with zero attached hydrogens (tertiary/aromatic N) is 1. The second-order valence-electron chi connectivity index (χ2n) is 11.6. The van der Waals surface area contributed by atoms with Gasteiger partial charge in [-0.05, 0) is 12.8 Å². The smallest absolute Gasteiger partial charge is 0.131 e. The minimum absolute atomic E-state index is 0.966. The van der Waals surface area contributed by atoms with Gasteiger partial charge in [0.05, 0.1) is 0 Å². The zero-order valence-electron chi connectivity index (χ0n) is 18.6. The summed E-state index contributed by atoms with van der Waals surface area (Å²) in [5, 5.41) is 0. The molecule has 0 aromatic carbocycles. The van der Waals surface area contributed by atoms with Crippen LogP contribution in [0, 0.1) is 0 Å². The maximum Gasteiger partial charge on any atom is 0.131 e. The standard InChI is InChI=1S/C25H45B2N/c1-3-7-13-19-23(17-9-5-1)28-24-18-10-6-2-4-8-14-20(24)27-22-16-12-11-15-21(26-19)25(22)28/h19-27H,1-18H2. The Hall–Kier alpha value is 0.0899. The van der Waals surface area contributed by atoms with E-state index in [1.165, 1.54) is 77.0 Å². The number of rotatable bonds is 0. The van der Waals surface area contributed by atoms with Crippen molar-refractivity contribution in [3.8, 4) is 0 Å². The van der Waals surface area contributed by atoms with E-state index in [9.17, 15) is 0 Å². The minimum atomic E-state index is 0.966. The fourth-order valence-electron chi connectivity index (χ4n) is 8.78. The van der Waals surface area contributed by atoms with E-state index in [0.717, 1.165) is 41.4 Å². The number of hydrogen-bond donors (Lipinski definition) is 0. The zero-order chi connectivity index (χ0) is 18.8. The Kier molecular flexibility index (Phi) is 6.78. The molecule has 6 atom stereocenters. The summed E-state index contributed by atoms with van der Waals surface area (Å²) < 4.78 is 0. The summed E-state index contributed by atoms with van der Waals surface area (Å²) in [6, 6.07) is 2.92. The lowest BCUT2D eigenvalue weighted by molar-refractivity contribution is 0.0236. The van der Waals surface area contributed by atoms with Crippen LogP contribution >= 0.6 is 0 Å². The average Bonchev–Trinajstić information content (AvgIpc) is 2.78. The summed E-state index contributed by atoms with van der Waals surface area (Å²) in [4.78, 5) is 3.33. The molecule has 5 aliphatic rings. The third-order valence-corrected chi connectivity index (χ3v) is 9.92. The van der Waals surface area contributed by atoms with Crippen LogP contribution in [0.4, 0.5) is 0 Å². The second kappa shape index (κ2) is 9.49. The highest BCUT2D eigenvalue weighted by Gasteiger charge is 2.53. The highest BCUT2D eigenvalue weighted by atomic mass is 15.2. The van der Waals surface area contributed by atoms with Crippen LogP contribution < -0.4 is 0 Å². The van der Waals surface area contributed by atoms with Crippen molar-refractivity contribution in [2.24, 2.45) is 0 Å². The van der Waals surface area contributed by atoms with E-state index in [4.69, 9.17) is 0 Å². The van der Waals surface area contributed by atoms with Gasteiger partial charge in [-0.3, -0.25) is 4.90 Å². The van der Waals surface area contributed by atoms with E-state index in [1.807, 2.05) is 0 Å². The van der Waals surface area contributed by atoms with Gasteiger partial charge >= 0.3 is 0 Å². The summed E-state index contributed by atoms with van der Waals surface area (Å²) in [5.41, 5.74) is 0. The van der Waals surface area contributed by atoms with Crippen LogP contribution in [-0.2, 0) is 0 Å². The summed E-state index contributed by atoms with van der Waals surface area (Å²) >= 11 is 0. The van der Waals surface area contributed by atoms with Gasteiger partial charge in [-0.25, -0.2) is 0 Å². The summed E-state index contributed by atoms with van der Waals surface area (Å²) in [6.45, 7) is 0. The first-order valence-corrected chi connectivity index (χ1v) is 13.7. The first-order valence-electron chi connectivity index (χ1n) is 13.7. The molecule has 2 saturated heterocycles. The Balaban J connectivity index is 1.48. The molecule has 0 amide bonds. The van der Waals surface area contributed by atoms with Gasteiger partial charge in [0, 0.05) is 18.1 Å². The molecule has 0 radical (unpaired) electrons. The molecule has 28 heavy (non-hydrogen) atoms. The van der Waals surface area contributed by atoms with E-state index >= 15 is 0 Å². The monoisotopic (exact) mass is 381 g/mol. The lowest BCUT2D eigenvalue weighted by Gasteiger charge is -2.60. The van der Waals surface area contributed by atoms with Crippen molar-refractivity contribution in [1.29, 1.82) is 0 Å². The van der Waals surface area contributed by atoms with Gasteiger partial charge in [-0.15, -0.1) is 0 Å². The topological polar surface area (TPSA) is 3.24 Å². The normalized spacial score (nSPS) is 45.5. The lowest BCUT2D eigenvalue weighted by Crippen LogP contribution is -2.64. The molecule has 0 spiro atoms. The molecule has 2 aliphatic heterocycles. The molecule has 156 valence electrons. The fourth-order valence-corrected chi connectivity index (χ4v) is 8.78. The van der Waals surface area contributed by atoms with E-state index in [1.54, 1.807) is 53.1 Å². The predicted molar refractivity (Wildman–Crippen MR) is 126 cm³/mol. The molecular formula is C25H45B2N. The zero-order valence-corrected chi connectivity index (χ0v) is 18.6. The Morgan fingerprint density at radius 2 is 0.750 bits per heavy atom. The molecule has 0 N–H and O–H groups in total. The Morgan fingerprint density at radius 3 is 1.25 bits per heavy atom. The van der Waals surface area contributed by atoms with Crippen LogP contribution in [0.25, 0.3) is 0 Å². The molecule has 3 aliphatic carbocycles. The summed E-state index contributed by atoms with van der Waals surface area (Å²) in [6.07, 6.45) is 27.6. The lowest BCUT2D eigenvalue weighted by atomic mass is 9.37. The number of hydrogen-bond acceptors (Lipinski definition) is 1. The highest BCUT2D eigenvalue weighted by Crippen LogP contribution is 2.54. The molecule has 6 unspecified atom stereocenters. The Bertz CT molecular complexity index is 455. The first-order chi connectivity index (χ1) is 13.9. The van der Waals surface area contributed by atoms with Crippen LogP contribution in [0.3, 0.4) is 0 Å². The third kappa shape index (κ3) is 4.13. The fraction of sp³-hybridized carbons (Fsp3) is 1.00. The summed E-state index contributed by atoms with van der Waals surface area (Å²) in [5.74, 6) is 4.21. The first kappa shape index (κ1) is 20.0. The van der Waals surface area contributed by atoms with Crippen LogP contribution in [0.1, 0.15) is 116 Å². The van der Waals surface area contributed by atoms with Crippen LogP contribution in [0.5, 0.6) is 0 Å². The summed E-state index contributed by atoms with van der Waals surface area (Å²) in [7, 11) is 3.22. The molecule has 5 fully saturated rings. The Labute approximate surface area is 176 Å². The van der Waals surface area contributed by atoms with Crippen molar-refractivity contribution < 1.29 is 0 Å². The molecule has 0 bridgehead atoms. The van der Waals surface area contributed by atoms with E-state index in [-0.39, 0.29) is 0 Å². The maximum atomic E-state index is 3.33. The van der Waals surface area contributed by atoms with Gasteiger partial charge in [0.25, 0.3) is 0 Å². The maximum absolute atomic E-state index is 3.33. The molecule has 0 aromatic rings. The largest absolute Gasteiger partial charge is 0.296 e. The number of fused-ring (bicyclic) bond motifs is 4. The Morgan fingerprint density at radius 1 is 0.393 bits per heavy atom. The van der Waals surface area contributed by atoms with Crippen LogP contribution in [0.15, 0.2) is 0 Å². The average molecular weight is 381 g/mol. The van der Waals surface area contributed by atoms with Gasteiger partial charge in [0.15, 0.2) is 0 Å². The third-order valence-electron chi connectivity index (χ3n) is 9.92. The van der Waals surface area contributed by atoms with Gasteiger partial charge in [0.2, 0.25) is 0 Å².